The summed E-state index contributed by atoms with van der Waals surface area (Å²) in [5.41, 5.74) is 1.46. The van der Waals surface area contributed by atoms with Crippen molar-refractivity contribution in [3.05, 3.63) is 94.8 Å². The standard InChI is InChI=1S/C30H35ClFN3O5S/c1-5-21(2)33-30(37)27(17-22-9-7-6-8-10-22)34(19-23-11-14-25(32)15-12-23)29(36)20-35(41(4,38)39)26-18-24(31)13-16-28(26)40-3/h6-16,18,21,27H,5,17,19-20H2,1-4H3,(H,33,37)/t21-,27+/m1/s1. The maximum atomic E-state index is 14.1. The lowest BCUT2D eigenvalue weighted by Crippen LogP contribution is -2.54. The molecule has 3 aromatic carbocycles. The lowest BCUT2D eigenvalue weighted by Gasteiger charge is -2.34. The zero-order valence-electron chi connectivity index (χ0n) is 23.5. The van der Waals surface area contributed by atoms with Gasteiger partial charge in [-0.05, 0) is 54.8 Å². The van der Waals surface area contributed by atoms with Crippen molar-refractivity contribution in [3.8, 4) is 5.75 Å². The molecule has 0 bridgehead atoms. The first-order chi connectivity index (χ1) is 19.4. The minimum absolute atomic E-state index is 0.0607. The van der Waals surface area contributed by atoms with Gasteiger partial charge in [-0.15, -0.1) is 0 Å². The second kappa shape index (κ2) is 14.3. The highest BCUT2D eigenvalue weighted by molar-refractivity contribution is 7.92. The van der Waals surface area contributed by atoms with Crippen molar-refractivity contribution in [3.63, 3.8) is 0 Å². The summed E-state index contributed by atoms with van der Waals surface area (Å²) in [6.45, 7) is 3.11. The van der Waals surface area contributed by atoms with E-state index in [0.29, 0.717) is 12.0 Å². The number of benzene rings is 3. The van der Waals surface area contributed by atoms with E-state index in [2.05, 4.69) is 5.32 Å². The topological polar surface area (TPSA) is 96.0 Å². The third-order valence-electron chi connectivity index (χ3n) is 6.63. The number of nitrogens with zero attached hydrogens (tertiary/aromatic N) is 2. The Balaban J connectivity index is 2.10. The molecule has 0 saturated carbocycles. The van der Waals surface area contributed by atoms with Gasteiger partial charge < -0.3 is 15.0 Å². The number of nitrogens with one attached hydrogen (secondary N) is 1. The summed E-state index contributed by atoms with van der Waals surface area (Å²) < 4.78 is 45.9. The predicted octanol–water partition coefficient (Wildman–Crippen LogP) is 4.81. The van der Waals surface area contributed by atoms with Gasteiger partial charge in [0.2, 0.25) is 21.8 Å². The third kappa shape index (κ3) is 8.93. The lowest BCUT2D eigenvalue weighted by molar-refractivity contribution is -0.140. The van der Waals surface area contributed by atoms with Crippen LogP contribution in [-0.2, 0) is 32.6 Å². The van der Waals surface area contributed by atoms with Gasteiger partial charge in [0, 0.05) is 24.0 Å². The highest BCUT2D eigenvalue weighted by atomic mass is 35.5. The predicted molar refractivity (Wildman–Crippen MR) is 159 cm³/mol. The Morgan fingerprint density at radius 3 is 2.27 bits per heavy atom. The fraction of sp³-hybridized carbons (Fsp3) is 0.333. The molecule has 0 radical (unpaired) electrons. The normalized spacial score (nSPS) is 12.7. The number of halogens is 2. The van der Waals surface area contributed by atoms with Crippen molar-refractivity contribution < 1.29 is 27.1 Å². The quantitative estimate of drug-likeness (QED) is 0.303. The number of carbonyl (C=O) groups excluding carboxylic acids is 2. The number of anilines is 1. The molecule has 0 spiro atoms. The Hall–Kier alpha value is -3.63. The average molecular weight is 604 g/mol. The Kier molecular flexibility index (Phi) is 11.1. The summed E-state index contributed by atoms with van der Waals surface area (Å²) in [7, 11) is -2.63. The van der Waals surface area contributed by atoms with Crippen LogP contribution in [0.4, 0.5) is 10.1 Å². The molecule has 0 fully saturated rings. The molecule has 220 valence electrons. The molecule has 0 aliphatic rings. The van der Waals surface area contributed by atoms with E-state index < -0.39 is 34.3 Å². The second-order valence-corrected chi connectivity index (χ2v) is 12.1. The number of rotatable bonds is 13. The van der Waals surface area contributed by atoms with Crippen molar-refractivity contribution in [1.29, 1.82) is 0 Å². The van der Waals surface area contributed by atoms with Crippen LogP contribution in [0, 0.1) is 5.82 Å². The van der Waals surface area contributed by atoms with Crippen molar-refractivity contribution in [1.82, 2.24) is 10.2 Å². The van der Waals surface area contributed by atoms with Crippen LogP contribution in [0.2, 0.25) is 5.02 Å². The number of hydrogen-bond acceptors (Lipinski definition) is 5. The van der Waals surface area contributed by atoms with Gasteiger partial charge in [-0.1, -0.05) is 61.0 Å². The van der Waals surface area contributed by atoms with Crippen molar-refractivity contribution >= 4 is 39.1 Å². The minimum atomic E-state index is -4.01. The van der Waals surface area contributed by atoms with E-state index in [1.54, 1.807) is 6.07 Å². The molecule has 2 amide bonds. The summed E-state index contributed by atoms with van der Waals surface area (Å²) in [5.74, 6) is -1.27. The molecule has 0 saturated heterocycles. The van der Waals surface area contributed by atoms with Gasteiger partial charge in [0.05, 0.1) is 19.1 Å². The van der Waals surface area contributed by atoms with Crippen LogP contribution in [-0.4, -0.2) is 57.1 Å². The number of methoxy groups -OCH3 is 1. The molecule has 0 heterocycles. The van der Waals surface area contributed by atoms with Gasteiger partial charge in [0.15, 0.2) is 0 Å². The average Bonchev–Trinajstić information content (AvgIpc) is 2.94. The largest absolute Gasteiger partial charge is 0.495 e. The minimum Gasteiger partial charge on any atom is -0.495 e. The van der Waals surface area contributed by atoms with Gasteiger partial charge in [0.1, 0.15) is 24.2 Å². The van der Waals surface area contributed by atoms with Crippen LogP contribution in [0.15, 0.2) is 72.8 Å². The monoisotopic (exact) mass is 603 g/mol. The summed E-state index contributed by atoms with van der Waals surface area (Å²) >= 11 is 6.18. The highest BCUT2D eigenvalue weighted by Crippen LogP contribution is 2.33. The second-order valence-electron chi connectivity index (χ2n) is 9.76. The molecule has 3 aromatic rings. The van der Waals surface area contributed by atoms with Crippen LogP contribution < -0.4 is 14.4 Å². The highest BCUT2D eigenvalue weighted by Gasteiger charge is 2.34. The van der Waals surface area contributed by atoms with Crippen LogP contribution in [0.25, 0.3) is 0 Å². The maximum absolute atomic E-state index is 14.1. The van der Waals surface area contributed by atoms with Gasteiger partial charge in [-0.25, -0.2) is 12.8 Å². The Bertz CT molecular complexity index is 1440. The fourth-order valence-corrected chi connectivity index (χ4v) is 5.25. The molecule has 3 rings (SSSR count). The van der Waals surface area contributed by atoms with Gasteiger partial charge in [-0.2, -0.15) is 0 Å². The fourth-order valence-electron chi connectivity index (χ4n) is 4.23. The van der Waals surface area contributed by atoms with Gasteiger partial charge in [-0.3, -0.25) is 13.9 Å². The molecule has 8 nitrogen and oxygen atoms in total. The van der Waals surface area contributed by atoms with E-state index in [1.807, 2.05) is 44.2 Å². The van der Waals surface area contributed by atoms with Crippen LogP contribution >= 0.6 is 11.6 Å². The zero-order valence-corrected chi connectivity index (χ0v) is 25.1. The molecule has 2 atom stereocenters. The molecule has 41 heavy (non-hydrogen) atoms. The first kappa shape index (κ1) is 31.9. The number of hydrogen-bond donors (Lipinski definition) is 1. The SMILES string of the molecule is CC[C@@H](C)NC(=O)[C@H](Cc1ccccc1)N(Cc1ccc(F)cc1)C(=O)CN(c1cc(Cl)ccc1OC)S(C)(=O)=O. The Morgan fingerprint density at radius 1 is 1.02 bits per heavy atom. The van der Waals surface area contributed by atoms with Crippen molar-refractivity contribution in [2.45, 2.75) is 45.3 Å². The smallest absolute Gasteiger partial charge is 0.244 e. The van der Waals surface area contributed by atoms with Gasteiger partial charge >= 0.3 is 0 Å². The van der Waals surface area contributed by atoms with E-state index >= 15 is 0 Å². The maximum Gasteiger partial charge on any atom is 0.244 e. The number of carbonyl (C=O) groups is 2. The number of sulfonamides is 1. The summed E-state index contributed by atoms with van der Waals surface area (Å²) in [5, 5.41) is 3.21. The molecule has 0 aliphatic heterocycles. The Labute approximate surface area is 246 Å². The van der Waals surface area contributed by atoms with E-state index in [0.717, 1.165) is 16.1 Å². The number of ether oxygens (including phenoxy) is 1. The molecule has 0 aromatic heterocycles. The summed E-state index contributed by atoms with van der Waals surface area (Å²) in [4.78, 5) is 29.1. The van der Waals surface area contributed by atoms with Crippen LogP contribution in [0.3, 0.4) is 0 Å². The van der Waals surface area contributed by atoms with Crippen molar-refractivity contribution in [2.75, 3.05) is 24.2 Å². The van der Waals surface area contributed by atoms with E-state index in [9.17, 15) is 22.4 Å². The number of amides is 2. The molecule has 11 heteroatoms. The molecular formula is C30H35ClFN3O5S. The third-order valence-corrected chi connectivity index (χ3v) is 7.99. The van der Waals surface area contributed by atoms with Crippen LogP contribution in [0.5, 0.6) is 5.75 Å². The van der Waals surface area contributed by atoms with Crippen LogP contribution in [0.1, 0.15) is 31.4 Å². The van der Waals surface area contributed by atoms with E-state index in [4.69, 9.17) is 16.3 Å². The zero-order chi connectivity index (χ0) is 30.2. The molecule has 0 unspecified atom stereocenters. The van der Waals surface area contributed by atoms with E-state index in [1.165, 1.54) is 48.4 Å². The molecular weight excluding hydrogens is 569 g/mol. The first-order valence-corrected chi connectivity index (χ1v) is 15.3. The van der Waals surface area contributed by atoms with E-state index in [-0.39, 0.29) is 41.4 Å². The van der Waals surface area contributed by atoms with Gasteiger partial charge in [0.25, 0.3) is 0 Å². The molecule has 1 N–H and O–H groups in total. The first-order valence-electron chi connectivity index (χ1n) is 13.1. The molecule has 0 aliphatic carbocycles. The summed E-state index contributed by atoms with van der Waals surface area (Å²) in [6, 6.07) is 18.1. The Morgan fingerprint density at radius 2 is 1.68 bits per heavy atom. The van der Waals surface area contributed by atoms with Crippen molar-refractivity contribution in [2.24, 2.45) is 0 Å². The lowest BCUT2D eigenvalue weighted by atomic mass is 10.0. The summed E-state index contributed by atoms with van der Waals surface area (Å²) in [6.07, 6.45) is 1.82.